The van der Waals surface area contributed by atoms with Crippen LogP contribution in [0.5, 0.6) is 5.75 Å². The summed E-state index contributed by atoms with van der Waals surface area (Å²) in [4.78, 5) is 9.52. The van der Waals surface area contributed by atoms with Crippen molar-refractivity contribution in [2.75, 3.05) is 7.11 Å². The lowest BCUT2D eigenvalue weighted by Crippen LogP contribution is -1.91. The Labute approximate surface area is 156 Å². The zero-order valence-corrected chi connectivity index (χ0v) is 14.8. The number of benzene rings is 2. The van der Waals surface area contributed by atoms with E-state index >= 15 is 0 Å². The molecule has 0 amide bonds. The SMILES string of the molecule is COc1ccc(-c2c3cnc(-c4ccccc4)nc3n3ccccc23)cc1. The number of aromatic nitrogens is 3. The topological polar surface area (TPSA) is 39.4 Å². The molecule has 0 saturated heterocycles. The number of methoxy groups -OCH3 is 1. The van der Waals surface area contributed by atoms with Crippen LogP contribution in [0.4, 0.5) is 0 Å². The van der Waals surface area contributed by atoms with Crippen molar-refractivity contribution in [3.8, 4) is 28.3 Å². The Morgan fingerprint density at radius 1 is 0.815 bits per heavy atom. The number of pyridine rings is 1. The predicted octanol–water partition coefficient (Wildman–Crippen LogP) is 5.23. The molecule has 0 aliphatic carbocycles. The Morgan fingerprint density at radius 3 is 2.37 bits per heavy atom. The minimum Gasteiger partial charge on any atom is -0.497 e. The van der Waals surface area contributed by atoms with Gasteiger partial charge in [-0.1, -0.05) is 48.5 Å². The summed E-state index contributed by atoms with van der Waals surface area (Å²) in [5.74, 6) is 1.57. The van der Waals surface area contributed by atoms with E-state index in [-0.39, 0.29) is 0 Å². The Bertz CT molecular complexity index is 1240. The molecule has 0 atom stereocenters. The Kier molecular flexibility index (Phi) is 3.61. The standard InChI is InChI=1S/C23H17N3O/c1-27-18-12-10-16(11-13-18)21-19-15-24-22(17-7-3-2-4-8-17)25-23(19)26-14-6-5-9-20(21)26/h2-15H,1H3. The quantitative estimate of drug-likeness (QED) is 0.447. The van der Waals surface area contributed by atoms with Crippen molar-refractivity contribution in [2.45, 2.75) is 0 Å². The summed E-state index contributed by atoms with van der Waals surface area (Å²) in [6, 6.07) is 24.4. The van der Waals surface area contributed by atoms with E-state index in [0.29, 0.717) is 0 Å². The fourth-order valence-corrected chi connectivity index (χ4v) is 3.49. The zero-order chi connectivity index (χ0) is 18.2. The van der Waals surface area contributed by atoms with Crippen LogP contribution >= 0.6 is 0 Å². The molecule has 0 fully saturated rings. The minimum atomic E-state index is 0.729. The van der Waals surface area contributed by atoms with Gasteiger partial charge in [0.15, 0.2) is 5.82 Å². The van der Waals surface area contributed by atoms with E-state index < -0.39 is 0 Å². The van der Waals surface area contributed by atoms with Crippen molar-refractivity contribution in [3.05, 3.63) is 85.2 Å². The first-order chi connectivity index (χ1) is 13.3. The third-order valence-electron chi connectivity index (χ3n) is 4.79. The molecule has 0 radical (unpaired) electrons. The third kappa shape index (κ3) is 2.54. The number of hydrogen-bond acceptors (Lipinski definition) is 3. The Balaban J connectivity index is 1.79. The zero-order valence-electron chi connectivity index (χ0n) is 14.8. The van der Waals surface area contributed by atoms with Crippen LogP contribution in [0.3, 0.4) is 0 Å². The minimum absolute atomic E-state index is 0.729. The van der Waals surface area contributed by atoms with Crippen LogP contribution in [0, 0.1) is 0 Å². The van der Waals surface area contributed by atoms with Gasteiger partial charge in [0.25, 0.3) is 0 Å². The fraction of sp³-hybridized carbons (Fsp3) is 0.0435. The maximum absolute atomic E-state index is 5.30. The molecule has 0 aliphatic heterocycles. The largest absolute Gasteiger partial charge is 0.497 e. The molecule has 5 rings (SSSR count). The molecule has 0 N–H and O–H groups in total. The van der Waals surface area contributed by atoms with Crippen molar-refractivity contribution < 1.29 is 4.74 Å². The van der Waals surface area contributed by atoms with Crippen LogP contribution in [-0.4, -0.2) is 21.5 Å². The van der Waals surface area contributed by atoms with Crippen molar-refractivity contribution >= 4 is 16.6 Å². The first-order valence-electron chi connectivity index (χ1n) is 8.81. The van der Waals surface area contributed by atoms with E-state index in [0.717, 1.165) is 44.8 Å². The van der Waals surface area contributed by atoms with Crippen molar-refractivity contribution in [2.24, 2.45) is 0 Å². The van der Waals surface area contributed by atoms with Crippen molar-refractivity contribution in [3.63, 3.8) is 0 Å². The second-order valence-corrected chi connectivity index (χ2v) is 6.36. The van der Waals surface area contributed by atoms with E-state index in [1.807, 2.05) is 67.0 Å². The van der Waals surface area contributed by atoms with E-state index in [2.05, 4.69) is 27.6 Å². The normalized spacial score (nSPS) is 11.1. The monoisotopic (exact) mass is 351 g/mol. The lowest BCUT2D eigenvalue weighted by atomic mass is 10.0. The summed E-state index contributed by atoms with van der Waals surface area (Å²) in [7, 11) is 1.68. The predicted molar refractivity (Wildman–Crippen MR) is 108 cm³/mol. The van der Waals surface area contributed by atoms with Crippen LogP contribution in [-0.2, 0) is 0 Å². The average molecular weight is 351 g/mol. The molecule has 5 aromatic rings. The second-order valence-electron chi connectivity index (χ2n) is 6.36. The smallest absolute Gasteiger partial charge is 0.161 e. The van der Waals surface area contributed by atoms with E-state index in [1.54, 1.807) is 7.11 Å². The van der Waals surface area contributed by atoms with Gasteiger partial charge >= 0.3 is 0 Å². The van der Waals surface area contributed by atoms with E-state index in [1.165, 1.54) is 0 Å². The highest BCUT2D eigenvalue weighted by Gasteiger charge is 2.16. The third-order valence-corrected chi connectivity index (χ3v) is 4.79. The van der Waals surface area contributed by atoms with Gasteiger partial charge in [-0.15, -0.1) is 0 Å². The molecule has 4 nitrogen and oxygen atoms in total. The highest BCUT2D eigenvalue weighted by Crippen LogP contribution is 2.35. The maximum atomic E-state index is 5.30. The van der Waals surface area contributed by atoms with Gasteiger partial charge < -0.3 is 9.14 Å². The Morgan fingerprint density at radius 2 is 1.59 bits per heavy atom. The summed E-state index contributed by atoms with van der Waals surface area (Å²) in [5, 5.41) is 1.03. The van der Waals surface area contributed by atoms with Crippen LogP contribution in [0.25, 0.3) is 39.1 Å². The average Bonchev–Trinajstić information content (AvgIpc) is 3.08. The molecule has 0 aliphatic rings. The highest BCUT2D eigenvalue weighted by atomic mass is 16.5. The molecule has 27 heavy (non-hydrogen) atoms. The van der Waals surface area contributed by atoms with Gasteiger partial charge in [0, 0.05) is 28.9 Å². The molecule has 130 valence electrons. The van der Waals surface area contributed by atoms with Gasteiger partial charge in [0.05, 0.1) is 12.6 Å². The summed E-state index contributed by atoms with van der Waals surface area (Å²) in [6.45, 7) is 0. The fourth-order valence-electron chi connectivity index (χ4n) is 3.49. The van der Waals surface area contributed by atoms with Crippen molar-refractivity contribution in [1.82, 2.24) is 14.4 Å². The molecular formula is C23H17N3O. The lowest BCUT2D eigenvalue weighted by molar-refractivity contribution is 0.415. The second kappa shape index (κ2) is 6.25. The first kappa shape index (κ1) is 15.6. The number of nitrogens with zero attached hydrogens (tertiary/aromatic N) is 3. The summed E-state index contributed by atoms with van der Waals surface area (Å²) in [5.41, 5.74) is 5.28. The van der Waals surface area contributed by atoms with Gasteiger partial charge in [0.2, 0.25) is 0 Å². The molecule has 3 aromatic heterocycles. The molecule has 0 saturated carbocycles. The first-order valence-corrected chi connectivity index (χ1v) is 8.81. The van der Waals surface area contributed by atoms with Crippen molar-refractivity contribution in [1.29, 1.82) is 0 Å². The molecule has 2 aromatic carbocycles. The van der Waals surface area contributed by atoms with Gasteiger partial charge in [-0.2, -0.15) is 0 Å². The molecule has 0 spiro atoms. The summed E-state index contributed by atoms with van der Waals surface area (Å²) in [6.07, 6.45) is 3.98. The molecule has 4 heteroatoms. The van der Waals surface area contributed by atoms with Gasteiger partial charge in [0.1, 0.15) is 11.4 Å². The van der Waals surface area contributed by atoms with Crippen LogP contribution in [0.1, 0.15) is 0 Å². The van der Waals surface area contributed by atoms with E-state index in [4.69, 9.17) is 9.72 Å². The number of hydrogen-bond donors (Lipinski definition) is 0. The lowest BCUT2D eigenvalue weighted by Gasteiger charge is -2.04. The summed E-state index contributed by atoms with van der Waals surface area (Å²) >= 11 is 0. The Hall–Kier alpha value is -3.66. The highest BCUT2D eigenvalue weighted by molar-refractivity contribution is 6.04. The van der Waals surface area contributed by atoms with Crippen LogP contribution in [0.2, 0.25) is 0 Å². The molecular weight excluding hydrogens is 334 g/mol. The van der Waals surface area contributed by atoms with E-state index in [9.17, 15) is 0 Å². The summed E-state index contributed by atoms with van der Waals surface area (Å²) < 4.78 is 7.42. The molecule has 3 heterocycles. The van der Waals surface area contributed by atoms with Crippen LogP contribution in [0.15, 0.2) is 85.2 Å². The number of fused-ring (bicyclic) bond motifs is 3. The molecule has 0 bridgehead atoms. The number of rotatable bonds is 3. The molecule has 0 unspecified atom stereocenters. The van der Waals surface area contributed by atoms with Gasteiger partial charge in [-0.3, -0.25) is 0 Å². The van der Waals surface area contributed by atoms with Gasteiger partial charge in [-0.25, -0.2) is 9.97 Å². The maximum Gasteiger partial charge on any atom is 0.161 e. The number of ether oxygens (including phenoxy) is 1. The van der Waals surface area contributed by atoms with Gasteiger partial charge in [-0.05, 0) is 29.8 Å². The van der Waals surface area contributed by atoms with Crippen LogP contribution < -0.4 is 4.74 Å².